The second kappa shape index (κ2) is 8.32. The molecule has 0 unspecified atom stereocenters. The normalized spacial score (nSPS) is 10.9. The summed E-state index contributed by atoms with van der Waals surface area (Å²) in [6, 6.07) is 10.1. The molecule has 7 nitrogen and oxygen atoms in total. The number of nitrogens with one attached hydrogen (secondary N) is 2. The molecule has 0 atom stereocenters. The van der Waals surface area contributed by atoms with E-state index in [1.54, 1.807) is 6.20 Å². The second-order valence-electron chi connectivity index (χ2n) is 7.31. The zero-order valence-corrected chi connectivity index (χ0v) is 17.2. The Balaban J connectivity index is 1.50. The Morgan fingerprint density at radius 3 is 2.77 bits per heavy atom. The Labute approximate surface area is 174 Å². The van der Waals surface area contributed by atoms with E-state index in [0.717, 1.165) is 44.8 Å². The molecule has 3 heterocycles. The maximum Gasteiger partial charge on any atom is 0.224 e. The first-order valence-electron chi connectivity index (χ1n) is 9.75. The molecule has 3 aromatic heterocycles. The molecule has 0 aliphatic carbocycles. The van der Waals surface area contributed by atoms with Crippen molar-refractivity contribution in [3.63, 3.8) is 0 Å². The van der Waals surface area contributed by atoms with Crippen LogP contribution < -0.4 is 5.32 Å². The Morgan fingerprint density at radius 1 is 1.13 bits per heavy atom. The van der Waals surface area contributed by atoms with Crippen molar-refractivity contribution in [2.45, 2.75) is 33.7 Å². The van der Waals surface area contributed by atoms with Crippen LogP contribution in [0, 0.1) is 20.8 Å². The Morgan fingerprint density at radius 2 is 2.00 bits per heavy atom. The third-order valence-corrected chi connectivity index (χ3v) is 5.17. The van der Waals surface area contributed by atoms with Gasteiger partial charge < -0.3 is 9.84 Å². The summed E-state index contributed by atoms with van der Waals surface area (Å²) in [5, 5.41) is 14.2. The number of nitrogens with zero attached hydrogens (tertiary/aromatic N) is 3. The van der Waals surface area contributed by atoms with Crippen LogP contribution >= 0.6 is 0 Å². The van der Waals surface area contributed by atoms with Crippen LogP contribution in [0.2, 0.25) is 0 Å². The summed E-state index contributed by atoms with van der Waals surface area (Å²) in [4.78, 5) is 16.5. The number of carbonyl (C=O) groups excluding carboxylic acids is 1. The minimum Gasteiger partial charge on any atom is -0.361 e. The summed E-state index contributed by atoms with van der Waals surface area (Å²) >= 11 is 0. The minimum absolute atomic E-state index is 0.0653. The highest BCUT2D eigenvalue weighted by Gasteiger charge is 2.14. The first-order chi connectivity index (χ1) is 14.5. The van der Waals surface area contributed by atoms with Gasteiger partial charge in [-0.2, -0.15) is 5.10 Å². The molecule has 0 aliphatic rings. The molecule has 1 amide bonds. The van der Waals surface area contributed by atoms with Crippen molar-refractivity contribution in [2.75, 3.05) is 0 Å². The Bertz CT molecular complexity index is 1170. The summed E-state index contributed by atoms with van der Waals surface area (Å²) in [5.41, 5.74) is 7.75. The number of aromatic nitrogens is 4. The molecule has 0 radical (unpaired) electrons. The van der Waals surface area contributed by atoms with E-state index in [4.69, 9.17) is 4.52 Å². The standard InChI is InChI=1S/C23H23N5O2/c1-14-11-24-8-7-19(14)21-13-26-27-23(21)18-6-4-5-17(9-18)12-25-22(29)10-20-15(2)28-30-16(20)3/h4-9,11,13H,10,12H2,1-3H3,(H,25,29)(H,26,27). The average Bonchev–Trinajstić information content (AvgIpc) is 3.35. The van der Waals surface area contributed by atoms with Crippen molar-refractivity contribution >= 4 is 5.91 Å². The van der Waals surface area contributed by atoms with Gasteiger partial charge in [0.2, 0.25) is 5.91 Å². The molecule has 4 aromatic rings. The van der Waals surface area contributed by atoms with Crippen molar-refractivity contribution in [1.82, 2.24) is 25.7 Å². The van der Waals surface area contributed by atoms with Gasteiger partial charge in [0.05, 0.1) is 24.0 Å². The van der Waals surface area contributed by atoms with Gasteiger partial charge in [0.25, 0.3) is 0 Å². The summed E-state index contributed by atoms with van der Waals surface area (Å²) in [5.74, 6) is 0.618. The lowest BCUT2D eigenvalue weighted by atomic mass is 9.98. The number of rotatable bonds is 6. The van der Waals surface area contributed by atoms with Gasteiger partial charge in [-0.3, -0.25) is 14.9 Å². The van der Waals surface area contributed by atoms with E-state index in [9.17, 15) is 4.79 Å². The fourth-order valence-corrected chi connectivity index (χ4v) is 3.50. The van der Waals surface area contributed by atoms with Crippen molar-refractivity contribution in [3.8, 4) is 22.4 Å². The lowest BCUT2D eigenvalue weighted by Crippen LogP contribution is -2.24. The number of hydrogen-bond acceptors (Lipinski definition) is 5. The maximum atomic E-state index is 12.4. The highest BCUT2D eigenvalue weighted by molar-refractivity contribution is 5.82. The van der Waals surface area contributed by atoms with Crippen LogP contribution in [-0.2, 0) is 17.8 Å². The van der Waals surface area contributed by atoms with E-state index < -0.39 is 0 Å². The van der Waals surface area contributed by atoms with Gasteiger partial charge in [-0.15, -0.1) is 0 Å². The summed E-state index contributed by atoms with van der Waals surface area (Å²) < 4.78 is 5.13. The van der Waals surface area contributed by atoms with Gasteiger partial charge in [-0.25, -0.2) is 0 Å². The molecule has 0 saturated heterocycles. The number of aryl methyl sites for hydroxylation is 3. The second-order valence-corrected chi connectivity index (χ2v) is 7.31. The predicted molar refractivity (Wildman–Crippen MR) is 114 cm³/mol. The van der Waals surface area contributed by atoms with Crippen LogP contribution in [0.15, 0.2) is 53.4 Å². The van der Waals surface area contributed by atoms with E-state index in [0.29, 0.717) is 12.3 Å². The van der Waals surface area contributed by atoms with Gasteiger partial charge in [-0.05, 0) is 49.6 Å². The average molecular weight is 401 g/mol. The first kappa shape index (κ1) is 19.6. The molecule has 7 heteroatoms. The third-order valence-electron chi connectivity index (χ3n) is 5.17. The van der Waals surface area contributed by atoms with Crippen molar-refractivity contribution in [1.29, 1.82) is 0 Å². The molecule has 4 rings (SSSR count). The third kappa shape index (κ3) is 4.00. The van der Waals surface area contributed by atoms with Crippen molar-refractivity contribution in [2.24, 2.45) is 0 Å². The summed E-state index contributed by atoms with van der Waals surface area (Å²) in [6.07, 6.45) is 5.71. The smallest absolute Gasteiger partial charge is 0.224 e. The van der Waals surface area contributed by atoms with E-state index in [-0.39, 0.29) is 12.3 Å². The van der Waals surface area contributed by atoms with Gasteiger partial charge in [0.15, 0.2) is 0 Å². The topological polar surface area (TPSA) is 96.7 Å². The quantitative estimate of drug-likeness (QED) is 0.511. The zero-order chi connectivity index (χ0) is 21.1. The number of hydrogen-bond donors (Lipinski definition) is 2. The fourth-order valence-electron chi connectivity index (χ4n) is 3.50. The van der Waals surface area contributed by atoms with E-state index in [2.05, 4.69) is 31.7 Å². The lowest BCUT2D eigenvalue weighted by Gasteiger charge is -2.09. The molecule has 0 saturated carbocycles. The van der Waals surface area contributed by atoms with Crippen LogP contribution in [0.1, 0.15) is 28.1 Å². The zero-order valence-electron chi connectivity index (χ0n) is 17.2. The maximum absolute atomic E-state index is 12.4. The number of amides is 1. The fraction of sp³-hybridized carbons (Fsp3) is 0.217. The van der Waals surface area contributed by atoms with Crippen molar-refractivity contribution in [3.05, 3.63) is 77.1 Å². The SMILES string of the molecule is Cc1cnccc1-c1cn[nH]c1-c1cccc(CNC(=O)Cc2c(C)noc2C)c1. The van der Waals surface area contributed by atoms with Gasteiger partial charge in [-0.1, -0.05) is 23.4 Å². The highest BCUT2D eigenvalue weighted by atomic mass is 16.5. The highest BCUT2D eigenvalue weighted by Crippen LogP contribution is 2.32. The molecule has 152 valence electrons. The van der Waals surface area contributed by atoms with Crippen LogP contribution in [0.3, 0.4) is 0 Å². The largest absolute Gasteiger partial charge is 0.361 e. The van der Waals surface area contributed by atoms with Crippen LogP contribution in [0.25, 0.3) is 22.4 Å². The molecule has 2 N–H and O–H groups in total. The first-order valence-corrected chi connectivity index (χ1v) is 9.75. The van der Waals surface area contributed by atoms with Crippen molar-refractivity contribution < 1.29 is 9.32 Å². The summed E-state index contributed by atoms with van der Waals surface area (Å²) in [7, 11) is 0. The number of carbonyl (C=O) groups is 1. The van der Waals surface area contributed by atoms with Gasteiger partial charge in [0, 0.05) is 35.6 Å². The van der Waals surface area contributed by atoms with Gasteiger partial charge >= 0.3 is 0 Å². The molecule has 0 spiro atoms. The van der Waals surface area contributed by atoms with E-state index in [1.807, 2.05) is 57.4 Å². The molecular formula is C23H23N5O2. The number of benzene rings is 1. The molecular weight excluding hydrogens is 378 g/mol. The van der Waals surface area contributed by atoms with E-state index >= 15 is 0 Å². The summed E-state index contributed by atoms with van der Waals surface area (Å²) in [6.45, 7) is 6.13. The minimum atomic E-state index is -0.0653. The monoisotopic (exact) mass is 401 g/mol. The Kier molecular flexibility index (Phi) is 5.43. The molecule has 0 aliphatic heterocycles. The van der Waals surface area contributed by atoms with Crippen LogP contribution in [-0.4, -0.2) is 26.2 Å². The predicted octanol–water partition coefficient (Wildman–Crippen LogP) is 3.91. The van der Waals surface area contributed by atoms with E-state index in [1.165, 1.54) is 0 Å². The Hall–Kier alpha value is -3.74. The molecule has 1 aromatic carbocycles. The van der Waals surface area contributed by atoms with Crippen LogP contribution in [0.4, 0.5) is 0 Å². The number of pyridine rings is 1. The number of aromatic amines is 1. The van der Waals surface area contributed by atoms with Crippen LogP contribution in [0.5, 0.6) is 0 Å². The lowest BCUT2D eigenvalue weighted by molar-refractivity contribution is -0.120. The molecule has 0 fully saturated rings. The molecule has 30 heavy (non-hydrogen) atoms. The number of H-pyrrole nitrogens is 1. The molecule has 0 bridgehead atoms. The van der Waals surface area contributed by atoms with Gasteiger partial charge in [0.1, 0.15) is 5.76 Å².